The van der Waals surface area contributed by atoms with Crippen LogP contribution in [0.1, 0.15) is 18.5 Å². The first-order chi connectivity index (χ1) is 6.56. The predicted octanol–water partition coefficient (Wildman–Crippen LogP) is 2.50. The minimum Gasteiger partial charge on any atom is -0.211 e. The van der Waals surface area contributed by atoms with E-state index in [9.17, 15) is 18.0 Å². The Kier molecular flexibility index (Phi) is 3.04. The van der Waals surface area contributed by atoms with Crippen LogP contribution in [0.15, 0.2) is 17.1 Å². The molecule has 0 radical (unpaired) electrons. The largest absolute Gasteiger partial charge is 0.235 e. The Bertz CT molecular complexity index is 376. The Labute approximate surface area is 78.1 Å². The van der Waals surface area contributed by atoms with E-state index in [0.29, 0.717) is 12.1 Å². The molecule has 0 spiro atoms. The maximum atomic E-state index is 13.0. The average Bonchev–Trinajstić information content (AvgIpc) is 2.01. The van der Waals surface area contributed by atoms with Crippen molar-refractivity contribution in [1.29, 1.82) is 0 Å². The minimum atomic E-state index is -1.06. The van der Waals surface area contributed by atoms with Gasteiger partial charge < -0.3 is 0 Å². The van der Waals surface area contributed by atoms with Crippen LogP contribution in [0.25, 0.3) is 0 Å². The number of hydrogen-bond donors (Lipinski definition) is 0. The van der Waals surface area contributed by atoms with E-state index >= 15 is 0 Å². The zero-order chi connectivity index (χ0) is 10.7. The summed E-state index contributed by atoms with van der Waals surface area (Å²) in [4.78, 5) is 13.0. The van der Waals surface area contributed by atoms with Crippen LogP contribution in [-0.2, 0) is 4.79 Å². The molecule has 0 saturated carbocycles. The second-order valence-corrected chi connectivity index (χ2v) is 2.68. The van der Waals surface area contributed by atoms with Crippen LogP contribution in [0.5, 0.6) is 0 Å². The van der Waals surface area contributed by atoms with E-state index in [-0.39, 0.29) is 0 Å². The summed E-state index contributed by atoms with van der Waals surface area (Å²) in [7, 11) is 0. The van der Waals surface area contributed by atoms with E-state index in [1.165, 1.54) is 13.0 Å². The molecular weight excluding hydrogens is 195 g/mol. The van der Waals surface area contributed by atoms with Gasteiger partial charge in [-0.05, 0) is 6.92 Å². The van der Waals surface area contributed by atoms with Crippen LogP contribution in [0.2, 0.25) is 0 Å². The van der Waals surface area contributed by atoms with Crippen molar-refractivity contribution in [3.8, 4) is 0 Å². The summed E-state index contributed by atoms with van der Waals surface area (Å²) in [5.41, 5.74) is -0.435. The van der Waals surface area contributed by atoms with Gasteiger partial charge in [-0.2, -0.15) is 4.99 Å². The third-order valence-corrected chi connectivity index (χ3v) is 1.71. The summed E-state index contributed by atoms with van der Waals surface area (Å²) in [5.74, 6) is -3.13. The Hall–Kier alpha value is -1.61. The van der Waals surface area contributed by atoms with Gasteiger partial charge in [0.1, 0.15) is 17.5 Å². The number of nitrogens with zero attached hydrogens (tertiary/aromatic N) is 1. The van der Waals surface area contributed by atoms with Gasteiger partial charge in [-0.3, -0.25) is 0 Å². The first-order valence-corrected chi connectivity index (χ1v) is 3.77. The Balaban J connectivity index is 3.26. The van der Waals surface area contributed by atoms with Gasteiger partial charge in [0.05, 0.1) is 6.04 Å². The molecule has 1 atom stereocenters. The highest BCUT2D eigenvalue weighted by molar-refractivity contribution is 5.36. The topological polar surface area (TPSA) is 29.4 Å². The predicted molar refractivity (Wildman–Crippen MR) is 42.9 cm³/mol. The maximum absolute atomic E-state index is 13.0. The molecule has 0 amide bonds. The molecule has 2 nitrogen and oxygen atoms in total. The molecule has 14 heavy (non-hydrogen) atoms. The summed E-state index contributed by atoms with van der Waals surface area (Å²) in [6.45, 7) is 1.31. The summed E-state index contributed by atoms with van der Waals surface area (Å²) in [6.07, 6.45) is 1.18. The van der Waals surface area contributed by atoms with Crippen molar-refractivity contribution in [2.45, 2.75) is 13.0 Å². The van der Waals surface area contributed by atoms with Crippen molar-refractivity contribution >= 4 is 6.08 Å². The molecule has 74 valence electrons. The summed E-state index contributed by atoms with van der Waals surface area (Å²) in [5, 5.41) is 0. The molecular formula is C9H6F3NO. The molecule has 0 bridgehead atoms. The van der Waals surface area contributed by atoms with Gasteiger partial charge in [0, 0.05) is 17.7 Å². The summed E-state index contributed by atoms with van der Waals surface area (Å²) >= 11 is 0. The average molecular weight is 201 g/mol. The molecule has 0 aliphatic heterocycles. The Morgan fingerprint density at radius 3 is 2.21 bits per heavy atom. The van der Waals surface area contributed by atoms with E-state index < -0.39 is 29.1 Å². The monoisotopic (exact) mass is 201 g/mol. The smallest absolute Gasteiger partial charge is 0.211 e. The lowest BCUT2D eigenvalue weighted by Crippen LogP contribution is -2.00. The van der Waals surface area contributed by atoms with Crippen LogP contribution in [0.4, 0.5) is 13.2 Å². The first-order valence-electron chi connectivity index (χ1n) is 3.77. The zero-order valence-corrected chi connectivity index (χ0v) is 7.22. The highest BCUT2D eigenvalue weighted by Gasteiger charge is 2.16. The summed E-state index contributed by atoms with van der Waals surface area (Å²) in [6, 6.07) is 0.0675. The quantitative estimate of drug-likeness (QED) is 0.534. The van der Waals surface area contributed by atoms with Crippen LogP contribution in [-0.4, -0.2) is 6.08 Å². The highest BCUT2D eigenvalue weighted by Crippen LogP contribution is 2.23. The standard InChI is InChI=1S/C9H6F3NO/c1-5(13-4-14)9-7(11)2-6(10)3-8(9)12/h2-3,5H,1H3. The molecule has 1 aromatic carbocycles. The van der Waals surface area contributed by atoms with Gasteiger partial charge in [0.15, 0.2) is 0 Å². The summed E-state index contributed by atoms with van der Waals surface area (Å²) < 4.78 is 38.5. The number of rotatable bonds is 2. The molecule has 0 aliphatic rings. The lowest BCUT2D eigenvalue weighted by atomic mass is 10.1. The molecule has 0 fully saturated rings. The zero-order valence-electron chi connectivity index (χ0n) is 7.22. The number of aliphatic imine (C=N–C) groups is 1. The third-order valence-electron chi connectivity index (χ3n) is 1.71. The van der Waals surface area contributed by atoms with Crippen molar-refractivity contribution in [2.24, 2.45) is 4.99 Å². The van der Waals surface area contributed by atoms with Crippen LogP contribution >= 0.6 is 0 Å². The minimum absolute atomic E-state index is 0.435. The van der Waals surface area contributed by atoms with E-state index in [2.05, 4.69) is 4.99 Å². The van der Waals surface area contributed by atoms with Crippen molar-refractivity contribution in [3.63, 3.8) is 0 Å². The fourth-order valence-corrected chi connectivity index (χ4v) is 1.10. The number of halogens is 3. The van der Waals surface area contributed by atoms with Gasteiger partial charge in [0.25, 0.3) is 0 Å². The molecule has 0 N–H and O–H groups in total. The molecule has 0 saturated heterocycles. The van der Waals surface area contributed by atoms with Crippen LogP contribution < -0.4 is 0 Å². The molecule has 0 heterocycles. The van der Waals surface area contributed by atoms with Gasteiger partial charge in [-0.1, -0.05) is 0 Å². The molecule has 1 unspecified atom stereocenters. The second kappa shape index (κ2) is 4.07. The van der Waals surface area contributed by atoms with Crippen molar-refractivity contribution in [2.75, 3.05) is 0 Å². The highest BCUT2D eigenvalue weighted by atomic mass is 19.1. The van der Waals surface area contributed by atoms with Crippen molar-refractivity contribution < 1.29 is 18.0 Å². The SMILES string of the molecule is CC(N=C=O)c1c(F)cc(F)cc1F. The van der Waals surface area contributed by atoms with Crippen LogP contribution in [0, 0.1) is 17.5 Å². The lowest BCUT2D eigenvalue weighted by Gasteiger charge is -2.07. The van der Waals surface area contributed by atoms with Gasteiger partial charge in [-0.15, -0.1) is 0 Å². The molecule has 1 rings (SSSR count). The van der Waals surface area contributed by atoms with Crippen molar-refractivity contribution in [1.82, 2.24) is 0 Å². The first kappa shape index (κ1) is 10.5. The third kappa shape index (κ3) is 2.00. The van der Waals surface area contributed by atoms with Gasteiger partial charge in [0.2, 0.25) is 6.08 Å². The van der Waals surface area contributed by atoms with Gasteiger partial charge >= 0.3 is 0 Å². The Morgan fingerprint density at radius 2 is 1.79 bits per heavy atom. The van der Waals surface area contributed by atoms with Gasteiger partial charge in [-0.25, -0.2) is 18.0 Å². The Morgan fingerprint density at radius 1 is 1.29 bits per heavy atom. The number of hydrogen-bond acceptors (Lipinski definition) is 2. The van der Waals surface area contributed by atoms with E-state index in [1.54, 1.807) is 0 Å². The lowest BCUT2D eigenvalue weighted by molar-refractivity contribution is 0.508. The molecule has 1 aromatic rings. The van der Waals surface area contributed by atoms with Crippen molar-refractivity contribution in [3.05, 3.63) is 35.1 Å². The number of isocyanates is 1. The molecule has 0 aromatic heterocycles. The van der Waals surface area contributed by atoms with E-state index in [1.807, 2.05) is 0 Å². The second-order valence-electron chi connectivity index (χ2n) is 2.68. The fraction of sp³-hybridized carbons (Fsp3) is 0.222. The molecule has 5 heteroatoms. The van der Waals surface area contributed by atoms with E-state index in [4.69, 9.17) is 0 Å². The molecule has 0 aliphatic carbocycles. The normalized spacial score (nSPS) is 12.0. The fourth-order valence-electron chi connectivity index (χ4n) is 1.10. The number of benzene rings is 1. The maximum Gasteiger partial charge on any atom is 0.235 e. The van der Waals surface area contributed by atoms with E-state index in [0.717, 1.165) is 0 Å². The number of carbonyl (C=O) groups excluding carboxylic acids is 1. The van der Waals surface area contributed by atoms with Crippen LogP contribution in [0.3, 0.4) is 0 Å².